The summed E-state index contributed by atoms with van der Waals surface area (Å²) in [6, 6.07) is 13.6. The average Bonchev–Trinajstić information content (AvgIpc) is 3.00. The second-order valence-corrected chi connectivity index (χ2v) is 6.31. The molecule has 0 aromatic heterocycles. The van der Waals surface area contributed by atoms with Crippen LogP contribution in [0.2, 0.25) is 5.02 Å². The van der Waals surface area contributed by atoms with Crippen LogP contribution in [-0.4, -0.2) is 28.8 Å². The second-order valence-electron chi connectivity index (χ2n) is 5.87. The molecule has 1 amide bonds. The van der Waals surface area contributed by atoms with Gasteiger partial charge in [0.1, 0.15) is 5.75 Å². The van der Waals surface area contributed by atoms with Crippen molar-refractivity contribution < 1.29 is 14.6 Å². The van der Waals surface area contributed by atoms with Crippen LogP contribution in [0.4, 0.5) is 0 Å². The van der Waals surface area contributed by atoms with Crippen molar-refractivity contribution in [1.82, 2.24) is 5.01 Å². The van der Waals surface area contributed by atoms with Crippen LogP contribution < -0.4 is 4.74 Å². The van der Waals surface area contributed by atoms with Gasteiger partial charge < -0.3 is 9.84 Å². The van der Waals surface area contributed by atoms with Gasteiger partial charge in [-0.2, -0.15) is 10.1 Å². The van der Waals surface area contributed by atoms with Crippen LogP contribution in [0, 0.1) is 0 Å². The molecule has 0 spiro atoms. The van der Waals surface area contributed by atoms with Crippen LogP contribution in [0.15, 0.2) is 53.6 Å². The van der Waals surface area contributed by atoms with Crippen molar-refractivity contribution >= 4 is 23.2 Å². The molecule has 5 nitrogen and oxygen atoms in total. The van der Waals surface area contributed by atoms with Crippen LogP contribution in [0.3, 0.4) is 0 Å². The number of hydrogen-bond donors (Lipinski definition) is 1. The summed E-state index contributed by atoms with van der Waals surface area (Å²) in [7, 11) is 1.56. The van der Waals surface area contributed by atoms with Gasteiger partial charge >= 0.3 is 0 Å². The average molecular weight is 359 g/mol. The number of benzene rings is 2. The highest BCUT2D eigenvalue weighted by Crippen LogP contribution is 2.38. The molecule has 1 aliphatic heterocycles. The lowest BCUT2D eigenvalue weighted by Gasteiger charge is -2.31. The van der Waals surface area contributed by atoms with Gasteiger partial charge in [-0.1, -0.05) is 30.7 Å². The molecule has 0 aliphatic carbocycles. The van der Waals surface area contributed by atoms with Crippen molar-refractivity contribution in [3.05, 3.63) is 64.7 Å². The topological polar surface area (TPSA) is 62.1 Å². The van der Waals surface area contributed by atoms with Gasteiger partial charge in [-0.15, -0.1) is 0 Å². The fourth-order valence-electron chi connectivity index (χ4n) is 2.84. The molecule has 3 rings (SSSR count). The Morgan fingerprint density at radius 1 is 1.32 bits per heavy atom. The molecular weight excluding hydrogens is 340 g/mol. The molecule has 0 radical (unpaired) electrons. The Morgan fingerprint density at radius 3 is 2.68 bits per heavy atom. The van der Waals surface area contributed by atoms with Crippen LogP contribution in [-0.2, 0) is 5.72 Å². The number of methoxy groups -OCH3 is 1. The highest BCUT2D eigenvalue weighted by atomic mass is 35.5. The lowest BCUT2D eigenvalue weighted by Crippen LogP contribution is -2.43. The Hall–Kier alpha value is -2.37. The normalized spacial score (nSPS) is 19.7. The van der Waals surface area contributed by atoms with Gasteiger partial charge in [-0.05, 0) is 42.8 Å². The van der Waals surface area contributed by atoms with Crippen LogP contribution >= 0.6 is 11.6 Å². The second kappa shape index (κ2) is 6.86. The highest BCUT2D eigenvalue weighted by Gasteiger charge is 2.45. The maximum Gasteiger partial charge on any atom is 0.276 e. The summed E-state index contributed by atoms with van der Waals surface area (Å²) in [4.78, 5) is 12.9. The first-order valence-electron chi connectivity index (χ1n) is 8.01. The number of carbonyl (C=O) groups excluding carboxylic acids is 1. The largest absolute Gasteiger partial charge is 0.497 e. The number of halogens is 1. The van der Waals surface area contributed by atoms with Gasteiger partial charge in [0.2, 0.25) is 0 Å². The van der Waals surface area contributed by atoms with E-state index in [9.17, 15) is 9.90 Å². The molecule has 1 atom stereocenters. The molecule has 2 aromatic carbocycles. The molecule has 0 saturated carbocycles. The van der Waals surface area contributed by atoms with E-state index in [4.69, 9.17) is 16.3 Å². The quantitative estimate of drug-likeness (QED) is 0.904. The predicted octanol–water partition coefficient (Wildman–Crippen LogP) is 3.81. The Labute approximate surface area is 151 Å². The van der Waals surface area contributed by atoms with Crippen molar-refractivity contribution in [1.29, 1.82) is 0 Å². The minimum atomic E-state index is -1.55. The number of hydrazone groups is 1. The van der Waals surface area contributed by atoms with Gasteiger partial charge in [0.05, 0.1) is 7.11 Å². The molecule has 0 fully saturated rings. The third-order valence-corrected chi connectivity index (χ3v) is 4.52. The van der Waals surface area contributed by atoms with Crippen molar-refractivity contribution in [2.24, 2.45) is 5.10 Å². The van der Waals surface area contributed by atoms with Crippen LogP contribution in [0.1, 0.15) is 35.7 Å². The molecule has 1 N–H and O–H groups in total. The molecule has 1 heterocycles. The molecule has 1 aliphatic rings. The molecule has 25 heavy (non-hydrogen) atoms. The maximum absolute atomic E-state index is 12.9. The van der Waals surface area contributed by atoms with Gasteiger partial charge in [-0.3, -0.25) is 4.79 Å². The van der Waals surface area contributed by atoms with Gasteiger partial charge in [-0.25, -0.2) is 0 Å². The number of nitrogens with zero attached hydrogens (tertiary/aromatic N) is 2. The van der Waals surface area contributed by atoms with Crippen molar-refractivity contribution in [3.63, 3.8) is 0 Å². The summed E-state index contributed by atoms with van der Waals surface area (Å²) in [6.07, 6.45) is 0.909. The van der Waals surface area contributed by atoms with Gasteiger partial charge in [0.25, 0.3) is 5.91 Å². The van der Waals surface area contributed by atoms with Crippen molar-refractivity contribution in [3.8, 4) is 5.75 Å². The van der Waals surface area contributed by atoms with E-state index >= 15 is 0 Å². The van der Waals surface area contributed by atoms with E-state index in [0.29, 0.717) is 28.3 Å². The van der Waals surface area contributed by atoms with E-state index < -0.39 is 5.72 Å². The number of hydrogen-bond acceptors (Lipinski definition) is 4. The molecule has 0 saturated heterocycles. The van der Waals surface area contributed by atoms with E-state index in [2.05, 4.69) is 5.10 Å². The van der Waals surface area contributed by atoms with Crippen molar-refractivity contribution in [2.45, 2.75) is 25.5 Å². The highest BCUT2D eigenvalue weighted by molar-refractivity contribution is 6.30. The van der Waals surface area contributed by atoms with E-state index in [1.54, 1.807) is 55.6 Å². The summed E-state index contributed by atoms with van der Waals surface area (Å²) < 4.78 is 5.24. The molecule has 0 bridgehead atoms. The first kappa shape index (κ1) is 17.5. The van der Waals surface area contributed by atoms with E-state index in [1.165, 1.54) is 0 Å². The first-order chi connectivity index (χ1) is 12.0. The van der Waals surface area contributed by atoms with Crippen molar-refractivity contribution in [2.75, 3.05) is 7.11 Å². The zero-order valence-corrected chi connectivity index (χ0v) is 14.8. The van der Waals surface area contributed by atoms with E-state index in [0.717, 1.165) is 10.7 Å². The standard InChI is InChI=1S/C19H19ClN2O3/c1-3-16-12-19(24,14-5-4-6-17(11-14)25-2)22(21-16)18(23)13-7-9-15(20)10-8-13/h4-11,24H,3,12H2,1-2H3/t19-/m1/s1. The fraction of sp³-hybridized carbons (Fsp3) is 0.263. The monoisotopic (exact) mass is 358 g/mol. The zero-order valence-electron chi connectivity index (χ0n) is 14.1. The third-order valence-electron chi connectivity index (χ3n) is 4.27. The molecule has 130 valence electrons. The fourth-order valence-corrected chi connectivity index (χ4v) is 2.97. The van der Waals surface area contributed by atoms with E-state index in [1.807, 2.05) is 6.92 Å². The SMILES string of the molecule is CCC1=NN(C(=O)c2ccc(Cl)cc2)[C@](O)(c2cccc(OC)c2)C1. The maximum atomic E-state index is 12.9. The lowest BCUT2D eigenvalue weighted by atomic mass is 9.96. The Balaban J connectivity index is 2.02. The molecular formula is C19H19ClN2O3. The number of rotatable bonds is 4. The summed E-state index contributed by atoms with van der Waals surface area (Å²) in [6.45, 7) is 1.95. The van der Waals surface area contributed by atoms with Gasteiger partial charge in [0, 0.05) is 28.3 Å². The predicted molar refractivity (Wildman–Crippen MR) is 96.9 cm³/mol. The number of carbonyl (C=O) groups is 1. The Kier molecular flexibility index (Phi) is 4.79. The first-order valence-corrected chi connectivity index (χ1v) is 8.39. The van der Waals surface area contributed by atoms with Crippen LogP contribution in [0.25, 0.3) is 0 Å². The number of amides is 1. The minimum absolute atomic E-state index is 0.260. The Morgan fingerprint density at radius 2 is 2.04 bits per heavy atom. The lowest BCUT2D eigenvalue weighted by molar-refractivity contribution is -0.0766. The smallest absolute Gasteiger partial charge is 0.276 e. The number of ether oxygens (including phenoxy) is 1. The van der Waals surface area contributed by atoms with Crippen LogP contribution in [0.5, 0.6) is 5.75 Å². The summed E-state index contributed by atoms with van der Waals surface area (Å²) >= 11 is 5.89. The minimum Gasteiger partial charge on any atom is -0.497 e. The summed E-state index contributed by atoms with van der Waals surface area (Å²) in [5.74, 6) is 0.222. The number of aliphatic hydroxyl groups is 1. The zero-order chi connectivity index (χ0) is 18.0. The summed E-state index contributed by atoms with van der Waals surface area (Å²) in [5.41, 5.74) is 0.178. The summed E-state index contributed by atoms with van der Waals surface area (Å²) in [5, 5.41) is 17.4. The third kappa shape index (κ3) is 3.25. The molecule has 2 aromatic rings. The van der Waals surface area contributed by atoms with E-state index in [-0.39, 0.29) is 12.3 Å². The molecule has 0 unspecified atom stereocenters. The molecule has 6 heteroatoms. The van der Waals surface area contributed by atoms with Gasteiger partial charge in [0.15, 0.2) is 5.72 Å². The Bertz CT molecular complexity index is 820.